The molecule has 34 heavy (non-hydrogen) atoms. The summed E-state index contributed by atoms with van der Waals surface area (Å²) in [5, 5.41) is 14.6. The predicted octanol–water partition coefficient (Wildman–Crippen LogP) is 7.13. The van der Waals surface area contributed by atoms with Crippen LogP contribution in [0, 0.1) is 6.92 Å². The Kier molecular flexibility index (Phi) is 6.03. The van der Waals surface area contributed by atoms with E-state index in [4.69, 9.17) is 11.6 Å². The van der Waals surface area contributed by atoms with Gasteiger partial charge in [-0.05, 0) is 72.7 Å². The van der Waals surface area contributed by atoms with E-state index < -0.39 is 0 Å². The van der Waals surface area contributed by atoms with Crippen LogP contribution < -0.4 is 5.32 Å². The molecule has 5 nitrogen and oxygen atoms in total. The van der Waals surface area contributed by atoms with E-state index >= 15 is 0 Å². The number of hydrogen-bond donors (Lipinski definition) is 1. The van der Waals surface area contributed by atoms with Crippen LogP contribution in [0.3, 0.4) is 0 Å². The first-order valence-corrected chi connectivity index (χ1v) is 11.9. The molecule has 0 radical (unpaired) electrons. The van der Waals surface area contributed by atoms with E-state index in [9.17, 15) is 4.79 Å². The number of rotatable bonds is 6. The lowest BCUT2D eigenvalue weighted by Gasteiger charge is -2.10. The molecular weight excluding hydrogens is 444 g/mol. The van der Waals surface area contributed by atoms with Crippen LogP contribution >= 0.6 is 11.6 Å². The highest BCUT2D eigenvalue weighted by Gasteiger charge is 2.14. The zero-order valence-electron chi connectivity index (χ0n) is 19.2. The van der Waals surface area contributed by atoms with Gasteiger partial charge in [0, 0.05) is 21.7 Å². The molecule has 1 heterocycles. The van der Waals surface area contributed by atoms with Gasteiger partial charge in [0.25, 0.3) is 5.91 Å². The van der Waals surface area contributed by atoms with Crippen LogP contribution in [0.15, 0.2) is 72.8 Å². The van der Waals surface area contributed by atoms with Crippen molar-refractivity contribution in [2.24, 2.45) is 0 Å². The van der Waals surface area contributed by atoms with Crippen molar-refractivity contribution in [3.05, 3.63) is 94.5 Å². The lowest BCUT2D eigenvalue weighted by molar-refractivity contribution is 0.102. The van der Waals surface area contributed by atoms with Crippen molar-refractivity contribution in [3.8, 4) is 5.69 Å². The fraction of sp³-hybridized carbons (Fsp3) is 0.179. The number of amides is 1. The van der Waals surface area contributed by atoms with Crippen molar-refractivity contribution < 1.29 is 4.79 Å². The SMILES string of the molecule is CCCCc1ccc(-n2nc3cc(C)c(NC(=O)c4cccc5c(Cl)cccc45)cc3n2)cc1. The Morgan fingerprint density at radius 3 is 2.41 bits per heavy atom. The topological polar surface area (TPSA) is 59.8 Å². The summed E-state index contributed by atoms with van der Waals surface area (Å²) >= 11 is 6.32. The standard InChI is InChI=1S/C28H25ClN4O/c1-3-4-7-19-12-14-20(15-13-19)33-31-26-16-18(2)25(17-27(26)32-33)30-28(34)23-10-5-9-22-21(23)8-6-11-24(22)29/h5-6,8-17H,3-4,7H2,1-2H3,(H,30,34). The maximum Gasteiger partial charge on any atom is 0.256 e. The molecule has 0 atom stereocenters. The van der Waals surface area contributed by atoms with Gasteiger partial charge in [-0.25, -0.2) is 0 Å². The average Bonchev–Trinajstić information content (AvgIpc) is 3.26. The minimum atomic E-state index is -0.189. The summed E-state index contributed by atoms with van der Waals surface area (Å²) in [5.74, 6) is -0.189. The van der Waals surface area contributed by atoms with Crippen molar-refractivity contribution in [1.29, 1.82) is 0 Å². The first kappa shape index (κ1) is 22.1. The lowest BCUT2D eigenvalue weighted by Crippen LogP contribution is -2.13. The van der Waals surface area contributed by atoms with Crippen LogP contribution in [0.4, 0.5) is 5.69 Å². The number of hydrogen-bond acceptors (Lipinski definition) is 3. The van der Waals surface area contributed by atoms with Gasteiger partial charge >= 0.3 is 0 Å². The average molecular weight is 469 g/mol. The molecule has 170 valence electrons. The molecule has 0 aliphatic carbocycles. The number of fused-ring (bicyclic) bond motifs is 2. The molecule has 1 N–H and O–H groups in total. The van der Waals surface area contributed by atoms with Gasteiger partial charge in [-0.2, -0.15) is 4.80 Å². The van der Waals surface area contributed by atoms with Crippen molar-refractivity contribution in [1.82, 2.24) is 15.0 Å². The van der Waals surface area contributed by atoms with Crippen LogP contribution in [-0.2, 0) is 6.42 Å². The fourth-order valence-electron chi connectivity index (χ4n) is 4.15. The van der Waals surface area contributed by atoms with Crippen LogP contribution in [0.25, 0.3) is 27.5 Å². The number of nitrogens with zero attached hydrogens (tertiary/aromatic N) is 3. The van der Waals surface area contributed by atoms with Crippen LogP contribution in [-0.4, -0.2) is 20.9 Å². The molecule has 0 aliphatic heterocycles. The van der Waals surface area contributed by atoms with Crippen LogP contribution in [0.5, 0.6) is 0 Å². The van der Waals surface area contributed by atoms with Crippen molar-refractivity contribution in [3.63, 3.8) is 0 Å². The summed E-state index contributed by atoms with van der Waals surface area (Å²) in [6, 6.07) is 23.3. The largest absolute Gasteiger partial charge is 0.322 e. The van der Waals surface area contributed by atoms with E-state index in [2.05, 4.69) is 34.6 Å². The molecule has 0 spiro atoms. The molecular formula is C28H25ClN4O. The van der Waals surface area contributed by atoms with E-state index in [0.29, 0.717) is 16.3 Å². The molecule has 0 unspecified atom stereocenters. The second-order valence-electron chi connectivity index (χ2n) is 8.51. The number of carbonyl (C=O) groups excluding carboxylic acids is 1. The third-order valence-corrected chi connectivity index (χ3v) is 6.40. The molecule has 0 saturated carbocycles. The molecule has 0 fully saturated rings. The van der Waals surface area contributed by atoms with E-state index in [1.165, 1.54) is 18.4 Å². The Hall–Kier alpha value is -3.70. The highest BCUT2D eigenvalue weighted by molar-refractivity contribution is 6.36. The summed E-state index contributed by atoms with van der Waals surface area (Å²) in [4.78, 5) is 14.8. The van der Waals surface area contributed by atoms with Gasteiger partial charge in [0.1, 0.15) is 11.0 Å². The van der Waals surface area contributed by atoms with Gasteiger partial charge in [0.2, 0.25) is 0 Å². The van der Waals surface area contributed by atoms with Gasteiger partial charge in [0.15, 0.2) is 0 Å². The lowest BCUT2D eigenvalue weighted by atomic mass is 10.0. The number of halogens is 1. The second kappa shape index (κ2) is 9.27. The predicted molar refractivity (Wildman–Crippen MR) is 139 cm³/mol. The smallest absolute Gasteiger partial charge is 0.256 e. The Balaban J connectivity index is 1.43. The number of aromatic nitrogens is 3. The maximum atomic E-state index is 13.2. The highest BCUT2D eigenvalue weighted by Crippen LogP contribution is 2.28. The van der Waals surface area contributed by atoms with Crippen molar-refractivity contribution >= 4 is 45.0 Å². The molecule has 1 aromatic heterocycles. The number of unbranched alkanes of at least 4 members (excludes halogenated alkanes) is 1. The van der Waals surface area contributed by atoms with E-state index in [-0.39, 0.29) is 5.91 Å². The first-order chi connectivity index (χ1) is 16.5. The van der Waals surface area contributed by atoms with Gasteiger partial charge in [0.05, 0.1) is 5.69 Å². The minimum Gasteiger partial charge on any atom is -0.322 e. The quantitative estimate of drug-likeness (QED) is 0.288. The molecule has 4 aromatic carbocycles. The van der Waals surface area contributed by atoms with Gasteiger partial charge in [-0.15, -0.1) is 10.2 Å². The summed E-state index contributed by atoms with van der Waals surface area (Å²) in [7, 11) is 0. The van der Waals surface area contributed by atoms with Crippen molar-refractivity contribution in [2.45, 2.75) is 33.1 Å². The van der Waals surface area contributed by atoms with Gasteiger partial charge in [-0.1, -0.05) is 61.3 Å². The zero-order valence-corrected chi connectivity index (χ0v) is 19.9. The Labute approximate surface area is 203 Å². The third-order valence-electron chi connectivity index (χ3n) is 6.07. The third kappa shape index (κ3) is 4.27. The fourth-order valence-corrected chi connectivity index (χ4v) is 4.39. The van der Waals surface area contributed by atoms with Crippen LogP contribution in [0.2, 0.25) is 5.02 Å². The number of nitrogens with one attached hydrogen (secondary N) is 1. The van der Waals surface area contributed by atoms with Gasteiger partial charge < -0.3 is 5.32 Å². The van der Waals surface area contributed by atoms with E-state index in [1.54, 1.807) is 4.80 Å². The summed E-state index contributed by atoms with van der Waals surface area (Å²) in [6.45, 7) is 4.15. The monoisotopic (exact) mass is 468 g/mol. The summed E-state index contributed by atoms with van der Waals surface area (Å²) < 4.78 is 0. The van der Waals surface area contributed by atoms with E-state index in [1.807, 2.05) is 67.6 Å². The normalized spacial score (nSPS) is 11.3. The highest BCUT2D eigenvalue weighted by atomic mass is 35.5. The van der Waals surface area contributed by atoms with Crippen molar-refractivity contribution in [2.75, 3.05) is 5.32 Å². The molecule has 0 aliphatic rings. The molecule has 5 rings (SSSR count). The Bertz CT molecular complexity index is 1500. The molecule has 5 aromatic rings. The Morgan fingerprint density at radius 1 is 0.941 bits per heavy atom. The Morgan fingerprint density at radius 2 is 1.65 bits per heavy atom. The summed E-state index contributed by atoms with van der Waals surface area (Å²) in [6.07, 6.45) is 3.44. The zero-order chi connectivity index (χ0) is 23.7. The molecule has 1 amide bonds. The number of anilines is 1. The first-order valence-electron chi connectivity index (χ1n) is 11.5. The minimum absolute atomic E-state index is 0.189. The van der Waals surface area contributed by atoms with Gasteiger partial charge in [-0.3, -0.25) is 4.79 Å². The molecule has 6 heteroatoms. The van der Waals surface area contributed by atoms with E-state index in [0.717, 1.165) is 39.5 Å². The number of benzene rings is 4. The number of carbonyl (C=O) groups is 1. The summed E-state index contributed by atoms with van der Waals surface area (Å²) in [5.41, 5.74) is 5.93. The second-order valence-corrected chi connectivity index (χ2v) is 8.92. The number of aryl methyl sites for hydroxylation is 2. The molecule has 0 bridgehead atoms. The maximum absolute atomic E-state index is 13.2. The molecule has 0 saturated heterocycles. The van der Waals surface area contributed by atoms with Crippen LogP contribution in [0.1, 0.15) is 41.3 Å².